The second kappa shape index (κ2) is 6.98. The number of carbonyl (C=O) groups is 1. The Hall–Kier alpha value is -2.49. The van der Waals surface area contributed by atoms with Crippen LogP contribution in [-0.2, 0) is 11.3 Å². The summed E-state index contributed by atoms with van der Waals surface area (Å²) in [6.07, 6.45) is 0. The zero-order valence-corrected chi connectivity index (χ0v) is 13.4. The molecule has 0 aliphatic heterocycles. The van der Waals surface area contributed by atoms with Gasteiger partial charge in [-0.15, -0.1) is 0 Å². The van der Waals surface area contributed by atoms with E-state index in [4.69, 9.17) is 9.47 Å². The van der Waals surface area contributed by atoms with E-state index < -0.39 is 0 Å². The second-order valence-electron chi connectivity index (χ2n) is 5.12. The van der Waals surface area contributed by atoms with E-state index in [2.05, 4.69) is 5.32 Å². The number of benzene rings is 2. The van der Waals surface area contributed by atoms with Gasteiger partial charge in [0.25, 0.3) is 0 Å². The van der Waals surface area contributed by atoms with Crippen molar-refractivity contribution >= 4 is 11.7 Å². The van der Waals surface area contributed by atoms with Crippen molar-refractivity contribution in [2.75, 3.05) is 19.5 Å². The van der Waals surface area contributed by atoms with Gasteiger partial charge >= 0.3 is 5.97 Å². The van der Waals surface area contributed by atoms with Crippen LogP contribution < -0.4 is 10.1 Å². The molecule has 0 aromatic heterocycles. The average Bonchev–Trinajstić information content (AvgIpc) is 2.56. The van der Waals surface area contributed by atoms with Gasteiger partial charge in [0.2, 0.25) is 0 Å². The minimum atomic E-state index is -0.333. The molecule has 0 fully saturated rings. The van der Waals surface area contributed by atoms with Crippen molar-refractivity contribution in [3.63, 3.8) is 0 Å². The SMILES string of the molecule is COC(=O)c1ccc(C)c(C)c1NCc1ccc(OC)cc1. The molecule has 0 amide bonds. The molecule has 1 N–H and O–H groups in total. The normalized spacial score (nSPS) is 10.2. The maximum atomic E-state index is 11.9. The molecular weight excluding hydrogens is 278 g/mol. The molecule has 0 heterocycles. The lowest BCUT2D eigenvalue weighted by Gasteiger charge is -2.16. The molecule has 0 unspecified atom stereocenters. The maximum absolute atomic E-state index is 11.9. The van der Waals surface area contributed by atoms with Crippen molar-refractivity contribution < 1.29 is 14.3 Å². The molecule has 4 heteroatoms. The first kappa shape index (κ1) is 15.9. The summed E-state index contributed by atoms with van der Waals surface area (Å²) in [4.78, 5) is 11.9. The predicted molar refractivity (Wildman–Crippen MR) is 87.6 cm³/mol. The van der Waals surface area contributed by atoms with Gasteiger partial charge in [0.05, 0.1) is 25.5 Å². The van der Waals surface area contributed by atoms with Crippen molar-refractivity contribution in [3.8, 4) is 5.75 Å². The number of hydrogen-bond donors (Lipinski definition) is 1. The second-order valence-corrected chi connectivity index (χ2v) is 5.12. The predicted octanol–water partition coefficient (Wildman–Crippen LogP) is 3.71. The standard InChI is InChI=1S/C18H21NO3/c1-12-5-10-16(18(20)22-4)17(13(12)2)19-11-14-6-8-15(21-3)9-7-14/h5-10,19H,11H2,1-4H3. The number of aryl methyl sites for hydroxylation is 1. The summed E-state index contributed by atoms with van der Waals surface area (Å²) in [6.45, 7) is 4.64. The number of esters is 1. The third kappa shape index (κ3) is 3.39. The number of hydrogen-bond acceptors (Lipinski definition) is 4. The van der Waals surface area contributed by atoms with Gasteiger partial charge in [0, 0.05) is 6.54 Å². The van der Waals surface area contributed by atoms with Gasteiger partial charge in [-0.1, -0.05) is 18.2 Å². The lowest BCUT2D eigenvalue weighted by Crippen LogP contribution is -2.10. The highest BCUT2D eigenvalue weighted by Gasteiger charge is 2.15. The van der Waals surface area contributed by atoms with E-state index >= 15 is 0 Å². The minimum Gasteiger partial charge on any atom is -0.497 e. The average molecular weight is 299 g/mol. The monoisotopic (exact) mass is 299 g/mol. The molecule has 0 aliphatic rings. The van der Waals surface area contributed by atoms with Crippen molar-refractivity contribution in [1.29, 1.82) is 0 Å². The van der Waals surface area contributed by atoms with Crippen LogP contribution in [0, 0.1) is 13.8 Å². The van der Waals surface area contributed by atoms with E-state index in [9.17, 15) is 4.79 Å². The van der Waals surface area contributed by atoms with Crippen molar-refractivity contribution in [3.05, 3.63) is 58.7 Å². The molecule has 116 valence electrons. The largest absolute Gasteiger partial charge is 0.497 e. The Balaban J connectivity index is 2.23. The Labute approximate surface area is 131 Å². The van der Waals surface area contributed by atoms with Gasteiger partial charge in [-0.25, -0.2) is 4.79 Å². The van der Waals surface area contributed by atoms with Crippen molar-refractivity contribution in [2.45, 2.75) is 20.4 Å². The fourth-order valence-electron chi connectivity index (χ4n) is 2.26. The highest BCUT2D eigenvalue weighted by molar-refractivity contribution is 5.96. The minimum absolute atomic E-state index is 0.333. The highest BCUT2D eigenvalue weighted by Crippen LogP contribution is 2.25. The molecule has 4 nitrogen and oxygen atoms in total. The number of rotatable bonds is 5. The molecule has 2 rings (SSSR count). The van der Waals surface area contributed by atoms with Crippen LogP contribution in [0.15, 0.2) is 36.4 Å². The van der Waals surface area contributed by atoms with E-state index in [0.717, 1.165) is 28.1 Å². The Bertz CT molecular complexity index is 663. The number of methoxy groups -OCH3 is 2. The fraction of sp³-hybridized carbons (Fsp3) is 0.278. The first-order chi connectivity index (χ1) is 10.6. The third-order valence-corrected chi connectivity index (χ3v) is 3.77. The molecular formula is C18H21NO3. The molecule has 0 spiro atoms. The van der Waals surface area contributed by atoms with E-state index in [0.29, 0.717) is 12.1 Å². The van der Waals surface area contributed by atoms with E-state index in [1.165, 1.54) is 7.11 Å². The molecule has 0 bridgehead atoms. The number of nitrogens with one attached hydrogen (secondary N) is 1. The van der Waals surface area contributed by atoms with Crippen LogP contribution >= 0.6 is 0 Å². The smallest absolute Gasteiger partial charge is 0.339 e. The van der Waals surface area contributed by atoms with Gasteiger partial charge < -0.3 is 14.8 Å². The lowest BCUT2D eigenvalue weighted by molar-refractivity contribution is 0.0601. The summed E-state index contributed by atoms with van der Waals surface area (Å²) in [7, 11) is 3.04. The zero-order valence-electron chi connectivity index (χ0n) is 13.4. The van der Waals surface area contributed by atoms with E-state index in [1.54, 1.807) is 13.2 Å². The van der Waals surface area contributed by atoms with Crippen molar-refractivity contribution in [2.24, 2.45) is 0 Å². The molecule has 2 aromatic carbocycles. The van der Waals surface area contributed by atoms with Gasteiger partial charge in [-0.05, 0) is 48.7 Å². The van der Waals surface area contributed by atoms with Gasteiger partial charge in [-0.3, -0.25) is 0 Å². The van der Waals surface area contributed by atoms with E-state index in [-0.39, 0.29) is 5.97 Å². The fourth-order valence-corrected chi connectivity index (χ4v) is 2.26. The highest BCUT2D eigenvalue weighted by atomic mass is 16.5. The van der Waals surface area contributed by atoms with Crippen LogP contribution in [0.1, 0.15) is 27.0 Å². The number of carbonyl (C=O) groups excluding carboxylic acids is 1. The van der Waals surface area contributed by atoms with Gasteiger partial charge in [0.1, 0.15) is 5.75 Å². The molecule has 0 radical (unpaired) electrons. The van der Waals surface area contributed by atoms with Crippen LogP contribution in [0.5, 0.6) is 5.75 Å². The molecule has 0 aliphatic carbocycles. The Kier molecular flexibility index (Phi) is 5.04. The van der Waals surface area contributed by atoms with Crippen molar-refractivity contribution in [1.82, 2.24) is 0 Å². The number of ether oxygens (including phenoxy) is 2. The van der Waals surface area contributed by atoms with Crippen LogP contribution in [-0.4, -0.2) is 20.2 Å². The first-order valence-corrected chi connectivity index (χ1v) is 7.12. The zero-order chi connectivity index (χ0) is 16.1. The van der Waals surface area contributed by atoms with E-state index in [1.807, 2.05) is 44.2 Å². The van der Waals surface area contributed by atoms with Gasteiger partial charge in [-0.2, -0.15) is 0 Å². The first-order valence-electron chi connectivity index (χ1n) is 7.12. The Morgan fingerprint density at radius 3 is 2.32 bits per heavy atom. The third-order valence-electron chi connectivity index (χ3n) is 3.77. The summed E-state index contributed by atoms with van der Waals surface area (Å²) in [5, 5.41) is 3.35. The quantitative estimate of drug-likeness (QED) is 0.855. The Morgan fingerprint density at radius 2 is 1.73 bits per heavy atom. The maximum Gasteiger partial charge on any atom is 0.339 e. The number of anilines is 1. The Morgan fingerprint density at radius 1 is 1.05 bits per heavy atom. The van der Waals surface area contributed by atoms with Crippen LogP contribution in [0.3, 0.4) is 0 Å². The van der Waals surface area contributed by atoms with Crippen LogP contribution in [0.2, 0.25) is 0 Å². The molecule has 0 saturated heterocycles. The topological polar surface area (TPSA) is 47.6 Å². The summed E-state index contributed by atoms with van der Waals surface area (Å²) in [5.41, 5.74) is 4.67. The molecule has 0 atom stereocenters. The molecule has 0 saturated carbocycles. The molecule has 2 aromatic rings. The summed E-state index contributed by atoms with van der Waals surface area (Å²) >= 11 is 0. The lowest BCUT2D eigenvalue weighted by atomic mass is 10.0. The summed E-state index contributed by atoms with van der Waals surface area (Å²) in [5.74, 6) is 0.492. The summed E-state index contributed by atoms with van der Waals surface area (Å²) in [6, 6.07) is 11.6. The molecule has 22 heavy (non-hydrogen) atoms. The van der Waals surface area contributed by atoms with Crippen LogP contribution in [0.4, 0.5) is 5.69 Å². The van der Waals surface area contributed by atoms with Crippen LogP contribution in [0.25, 0.3) is 0 Å². The van der Waals surface area contributed by atoms with Gasteiger partial charge in [0.15, 0.2) is 0 Å². The summed E-state index contributed by atoms with van der Waals surface area (Å²) < 4.78 is 10.0.